The van der Waals surface area contributed by atoms with Gasteiger partial charge in [-0.25, -0.2) is 0 Å². The van der Waals surface area contributed by atoms with Crippen molar-refractivity contribution in [2.24, 2.45) is 21.5 Å². The number of nitrogens with two attached hydrogens (primary N) is 2. The normalized spacial score (nSPS) is 12.9. The van der Waals surface area contributed by atoms with Gasteiger partial charge >= 0.3 is 0 Å². The maximum Gasteiger partial charge on any atom is 0.0905 e. The Bertz CT molecular complexity index is 236. The molecule has 0 fully saturated rings. The van der Waals surface area contributed by atoms with E-state index in [1.807, 2.05) is 13.8 Å². The molecule has 0 bridgehead atoms. The highest BCUT2D eigenvalue weighted by molar-refractivity contribution is 5.77. The summed E-state index contributed by atoms with van der Waals surface area (Å²) in [6.45, 7) is 5.49. The number of unbranched alkanes of at least 4 members (excludes halogenated alkanes) is 9. The predicted molar refractivity (Wildman–Crippen MR) is 90.5 cm³/mol. The highest BCUT2D eigenvalue weighted by Crippen LogP contribution is 2.10. The van der Waals surface area contributed by atoms with Gasteiger partial charge in [0.2, 0.25) is 0 Å². The van der Waals surface area contributed by atoms with Crippen LogP contribution in [0.15, 0.2) is 9.98 Å². The molecular formula is C16H34N4. The van der Waals surface area contributed by atoms with Crippen molar-refractivity contribution >= 4 is 11.7 Å². The summed E-state index contributed by atoms with van der Waals surface area (Å²) in [5.74, 6) is 1.41. The molecule has 0 unspecified atom stereocenters. The van der Waals surface area contributed by atoms with Crippen molar-refractivity contribution in [3.63, 3.8) is 0 Å². The third-order valence-corrected chi connectivity index (χ3v) is 3.29. The first-order chi connectivity index (χ1) is 9.63. The molecule has 0 aliphatic heterocycles. The van der Waals surface area contributed by atoms with Gasteiger partial charge in [-0.1, -0.05) is 51.4 Å². The Morgan fingerprint density at radius 3 is 1.05 bits per heavy atom. The Kier molecular flexibility index (Phi) is 13.6. The van der Waals surface area contributed by atoms with Gasteiger partial charge in [0.25, 0.3) is 0 Å². The molecule has 4 heteroatoms. The lowest BCUT2D eigenvalue weighted by atomic mass is 10.1. The molecule has 0 aromatic heterocycles. The van der Waals surface area contributed by atoms with Crippen molar-refractivity contribution in [2.75, 3.05) is 13.1 Å². The van der Waals surface area contributed by atoms with Crippen molar-refractivity contribution in [3.05, 3.63) is 0 Å². The molecule has 0 rings (SSSR count). The lowest BCUT2D eigenvalue weighted by molar-refractivity contribution is 0.554. The molecule has 0 saturated heterocycles. The van der Waals surface area contributed by atoms with Gasteiger partial charge in [-0.2, -0.15) is 0 Å². The number of amidine groups is 2. The molecule has 0 radical (unpaired) electrons. The van der Waals surface area contributed by atoms with Gasteiger partial charge in [0.15, 0.2) is 0 Å². The molecule has 0 saturated carbocycles. The highest BCUT2D eigenvalue weighted by atomic mass is 14.8. The smallest absolute Gasteiger partial charge is 0.0905 e. The maximum atomic E-state index is 5.48. The third kappa shape index (κ3) is 16.9. The molecule has 4 nitrogen and oxygen atoms in total. The fourth-order valence-corrected chi connectivity index (χ4v) is 2.15. The number of hydrogen-bond acceptors (Lipinski definition) is 2. The van der Waals surface area contributed by atoms with E-state index < -0.39 is 0 Å². The van der Waals surface area contributed by atoms with E-state index in [9.17, 15) is 0 Å². The molecule has 0 heterocycles. The Hall–Kier alpha value is -1.06. The van der Waals surface area contributed by atoms with Crippen LogP contribution in [0.1, 0.15) is 78.1 Å². The van der Waals surface area contributed by atoms with Crippen LogP contribution >= 0.6 is 0 Å². The van der Waals surface area contributed by atoms with Crippen LogP contribution in [-0.4, -0.2) is 24.8 Å². The third-order valence-electron chi connectivity index (χ3n) is 3.29. The number of nitrogens with zero attached hydrogens (tertiary/aromatic N) is 2. The monoisotopic (exact) mass is 282 g/mol. The van der Waals surface area contributed by atoms with Crippen LogP contribution in [0.2, 0.25) is 0 Å². The quantitative estimate of drug-likeness (QED) is 0.307. The second-order valence-electron chi connectivity index (χ2n) is 5.58. The van der Waals surface area contributed by atoms with Gasteiger partial charge in [0.1, 0.15) is 0 Å². The topological polar surface area (TPSA) is 76.8 Å². The Morgan fingerprint density at radius 2 is 0.800 bits per heavy atom. The minimum absolute atomic E-state index is 0.706. The first-order valence-electron chi connectivity index (χ1n) is 8.16. The highest BCUT2D eigenvalue weighted by Gasteiger charge is 1.93. The molecule has 0 aromatic carbocycles. The molecule has 118 valence electrons. The molecule has 4 N–H and O–H groups in total. The zero-order valence-electron chi connectivity index (χ0n) is 13.5. The summed E-state index contributed by atoms with van der Waals surface area (Å²) >= 11 is 0. The molecule has 0 aromatic rings. The fraction of sp³-hybridized carbons (Fsp3) is 0.875. The number of aliphatic imine (C=N–C) groups is 2. The van der Waals surface area contributed by atoms with E-state index in [1.165, 1.54) is 64.2 Å². The second kappa shape index (κ2) is 14.4. The zero-order valence-corrected chi connectivity index (χ0v) is 13.5. The summed E-state index contributed by atoms with van der Waals surface area (Å²) in [4.78, 5) is 8.39. The van der Waals surface area contributed by atoms with Gasteiger partial charge in [-0.3, -0.25) is 9.98 Å². The average molecular weight is 282 g/mol. The molecular weight excluding hydrogens is 248 g/mol. The van der Waals surface area contributed by atoms with Crippen molar-refractivity contribution in [1.82, 2.24) is 0 Å². The Labute approximate surface area is 125 Å². The van der Waals surface area contributed by atoms with E-state index in [0.29, 0.717) is 11.7 Å². The van der Waals surface area contributed by atoms with Crippen LogP contribution < -0.4 is 11.5 Å². The average Bonchev–Trinajstić information content (AvgIpc) is 2.38. The van der Waals surface area contributed by atoms with Crippen LogP contribution in [0, 0.1) is 0 Å². The van der Waals surface area contributed by atoms with Crippen molar-refractivity contribution in [3.8, 4) is 0 Å². The van der Waals surface area contributed by atoms with Crippen LogP contribution in [0.25, 0.3) is 0 Å². The van der Waals surface area contributed by atoms with Gasteiger partial charge in [0.05, 0.1) is 11.7 Å². The molecule has 0 aliphatic carbocycles. The summed E-state index contributed by atoms with van der Waals surface area (Å²) in [6, 6.07) is 0. The van der Waals surface area contributed by atoms with Gasteiger partial charge in [-0.15, -0.1) is 0 Å². The van der Waals surface area contributed by atoms with Gasteiger partial charge in [-0.05, 0) is 26.7 Å². The van der Waals surface area contributed by atoms with Gasteiger partial charge < -0.3 is 11.5 Å². The van der Waals surface area contributed by atoms with E-state index in [4.69, 9.17) is 11.5 Å². The van der Waals surface area contributed by atoms with Crippen LogP contribution in [0.4, 0.5) is 0 Å². The van der Waals surface area contributed by atoms with Crippen LogP contribution in [0.3, 0.4) is 0 Å². The summed E-state index contributed by atoms with van der Waals surface area (Å²) in [5.41, 5.74) is 11.0. The van der Waals surface area contributed by atoms with E-state index in [-0.39, 0.29) is 0 Å². The number of rotatable bonds is 13. The van der Waals surface area contributed by atoms with Gasteiger partial charge in [0, 0.05) is 13.1 Å². The lowest BCUT2D eigenvalue weighted by Crippen LogP contribution is -2.05. The molecule has 0 spiro atoms. The molecule has 0 aliphatic rings. The summed E-state index contributed by atoms with van der Waals surface area (Å²) in [7, 11) is 0. The van der Waals surface area contributed by atoms with Crippen LogP contribution in [0.5, 0.6) is 0 Å². The second-order valence-corrected chi connectivity index (χ2v) is 5.58. The maximum absolute atomic E-state index is 5.48. The lowest BCUT2D eigenvalue weighted by Gasteiger charge is -2.02. The first kappa shape index (κ1) is 18.9. The summed E-state index contributed by atoms with van der Waals surface area (Å²) in [6.07, 6.45) is 13.1. The summed E-state index contributed by atoms with van der Waals surface area (Å²) < 4.78 is 0. The van der Waals surface area contributed by atoms with E-state index >= 15 is 0 Å². The summed E-state index contributed by atoms with van der Waals surface area (Å²) in [5, 5.41) is 0. The van der Waals surface area contributed by atoms with E-state index in [0.717, 1.165) is 13.1 Å². The largest absolute Gasteiger partial charge is 0.388 e. The van der Waals surface area contributed by atoms with Crippen molar-refractivity contribution in [1.29, 1.82) is 0 Å². The standard InChI is InChI=1S/C16H34N4/c1-15(17)19-13-11-9-7-5-3-4-6-8-10-12-14-20-16(2)18/h3-14H2,1-2H3,(H2,17,19)(H2,18,20). The van der Waals surface area contributed by atoms with E-state index in [1.54, 1.807) is 0 Å². The minimum Gasteiger partial charge on any atom is -0.388 e. The molecule has 0 amide bonds. The van der Waals surface area contributed by atoms with Crippen LogP contribution in [-0.2, 0) is 0 Å². The SMILES string of the molecule is CC(N)=NCCCCCCCCCCCCN=C(C)N. The fourth-order valence-electron chi connectivity index (χ4n) is 2.15. The Morgan fingerprint density at radius 1 is 0.550 bits per heavy atom. The number of hydrogen-bond donors (Lipinski definition) is 2. The molecule has 20 heavy (non-hydrogen) atoms. The predicted octanol–water partition coefficient (Wildman–Crippen LogP) is 3.64. The minimum atomic E-state index is 0.706. The first-order valence-corrected chi connectivity index (χ1v) is 8.16. The van der Waals surface area contributed by atoms with Crippen molar-refractivity contribution < 1.29 is 0 Å². The van der Waals surface area contributed by atoms with E-state index in [2.05, 4.69) is 9.98 Å². The zero-order chi connectivity index (χ0) is 15.1. The Balaban J connectivity index is 3.06. The molecule has 0 atom stereocenters. The van der Waals surface area contributed by atoms with Crippen molar-refractivity contribution in [2.45, 2.75) is 78.1 Å².